The summed E-state index contributed by atoms with van der Waals surface area (Å²) in [6, 6.07) is 15.4. The maximum absolute atomic E-state index is 9.00. The molecule has 0 amide bonds. The molecule has 63 heavy (non-hydrogen) atoms. The van der Waals surface area contributed by atoms with Gasteiger partial charge in [-0.25, -0.2) is 0 Å². The predicted octanol–water partition coefficient (Wildman–Crippen LogP) is 8.03. The molecule has 4 aromatic carbocycles. The third-order valence-corrected chi connectivity index (χ3v) is 9.77. The number of aliphatic hydroxyl groups is 1. The largest absolute Gasteiger partial charge is 0.493 e. The maximum atomic E-state index is 9.00. The molecule has 2 heterocycles. The Morgan fingerprint density at radius 2 is 0.984 bits per heavy atom. The number of aryl methyl sites for hydroxylation is 4. The second-order valence-corrected chi connectivity index (χ2v) is 14.4. The number of fused-ring (bicyclic) bond motifs is 1. The van der Waals surface area contributed by atoms with Crippen LogP contribution in [0.5, 0.6) is 69.0 Å². The standard InChI is InChI=1S/C15H23NO4.C14H22O4.C10H14O3.C9H10O3/c1-12-10-13(17-2)15(14(11-12)18-3)20-9-6-16-4-7-19-8-5-16;1-5-11(6-7-15)18-14-12(16-3)8-10(2)9-13(14)17-4;1-7-5-8(11-2)10(13-4)9(6-7)12-3;1-6-3-7(10-2)9-8(4-6)11-5-12-9/h10-11H,4-9H2,1-3H3;8-9,11,15H,5-7H2,1-4H3;5-6H,1-4H3;3-4H,5H2,1-2H3. The molecular formula is C48H69NO14. The summed E-state index contributed by atoms with van der Waals surface area (Å²) in [6.45, 7) is 15.4. The van der Waals surface area contributed by atoms with Gasteiger partial charge in [0.25, 0.3) is 0 Å². The number of benzene rings is 4. The van der Waals surface area contributed by atoms with Crippen LogP contribution in [0.1, 0.15) is 42.0 Å². The second-order valence-electron chi connectivity index (χ2n) is 14.4. The summed E-state index contributed by atoms with van der Waals surface area (Å²) in [5, 5.41) is 9.00. The van der Waals surface area contributed by atoms with Crippen molar-refractivity contribution in [2.45, 2.75) is 53.6 Å². The van der Waals surface area contributed by atoms with E-state index in [0.29, 0.717) is 70.5 Å². The Labute approximate surface area is 373 Å². The van der Waals surface area contributed by atoms with Crippen LogP contribution in [0, 0.1) is 27.7 Å². The third kappa shape index (κ3) is 15.6. The molecule has 1 N–H and O–H groups in total. The van der Waals surface area contributed by atoms with E-state index in [4.69, 9.17) is 66.7 Å². The molecule has 1 fully saturated rings. The summed E-state index contributed by atoms with van der Waals surface area (Å²) in [5.74, 6) is 8.26. The number of nitrogens with zero attached hydrogens (tertiary/aromatic N) is 1. The fraction of sp³-hybridized carbons (Fsp3) is 0.500. The van der Waals surface area contributed by atoms with Crippen molar-refractivity contribution in [3.8, 4) is 69.0 Å². The second kappa shape index (κ2) is 27.4. The minimum absolute atomic E-state index is 0.0412. The lowest BCUT2D eigenvalue weighted by atomic mass is 10.2. The molecule has 0 saturated carbocycles. The van der Waals surface area contributed by atoms with Gasteiger partial charge in [-0.15, -0.1) is 0 Å². The van der Waals surface area contributed by atoms with Gasteiger partial charge in [0.1, 0.15) is 12.7 Å². The molecule has 15 heteroatoms. The van der Waals surface area contributed by atoms with Gasteiger partial charge in [-0.05, 0) is 105 Å². The molecule has 2 aliphatic rings. The highest BCUT2D eigenvalue weighted by Crippen LogP contribution is 2.42. The first-order valence-corrected chi connectivity index (χ1v) is 20.8. The van der Waals surface area contributed by atoms with Crippen molar-refractivity contribution in [1.82, 2.24) is 4.90 Å². The maximum Gasteiger partial charge on any atom is 0.231 e. The number of morpholine rings is 1. The van der Waals surface area contributed by atoms with Gasteiger partial charge in [-0.2, -0.15) is 0 Å². The number of hydrogen-bond acceptors (Lipinski definition) is 15. The van der Waals surface area contributed by atoms with Crippen LogP contribution < -0.4 is 56.8 Å². The molecule has 4 aromatic rings. The SMILES string of the molecule is CCC(CCO)Oc1c(OC)cc(C)cc1OC.COc1cc(C)cc(OC)c1OC.COc1cc(C)cc(OC)c1OCCN1CCOCC1.COc1cc(C)cc2c1OCO2. The van der Waals surface area contributed by atoms with Crippen LogP contribution >= 0.6 is 0 Å². The lowest BCUT2D eigenvalue weighted by molar-refractivity contribution is 0.0319. The number of hydrogen-bond donors (Lipinski definition) is 1. The Kier molecular flexibility index (Phi) is 22.5. The van der Waals surface area contributed by atoms with Gasteiger partial charge >= 0.3 is 0 Å². The quantitative estimate of drug-likeness (QED) is 0.109. The lowest BCUT2D eigenvalue weighted by Crippen LogP contribution is -2.38. The number of methoxy groups -OCH3 is 8. The summed E-state index contributed by atoms with van der Waals surface area (Å²) in [6.07, 6.45) is 1.37. The van der Waals surface area contributed by atoms with Gasteiger partial charge in [-0.3, -0.25) is 4.90 Å². The number of aliphatic hydroxyl groups excluding tert-OH is 1. The van der Waals surface area contributed by atoms with Crippen LogP contribution in [0.4, 0.5) is 0 Å². The number of rotatable bonds is 17. The van der Waals surface area contributed by atoms with Crippen molar-refractivity contribution in [2.24, 2.45) is 0 Å². The summed E-state index contributed by atoms with van der Waals surface area (Å²) in [5.41, 5.74) is 4.32. The Morgan fingerprint density at radius 1 is 0.556 bits per heavy atom. The minimum atomic E-state index is -0.0412. The molecule has 1 unspecified atom stereocenters. The Hall–Kier alpha value is -5.64. The lowest BCUT2D eigenvalue weighted by Gasteiger charge is -2.26. The van der Waals surface area contributed by atoms with Gasteiger partial charge in [0.15, 0.2) is 46.0 Å². The first kappa shape index (κ1) is 51.7. The summed E-state index contributed by atoms with van der Waals surface area (Å²) >= 11 is 0. The first-order valence-electron chi connectivity index (χ1n) is 20.8. The highest BCUT2D eigenvalue weighted by Gasteiger charge is 2.20. The molecule has 2 aliphatic heterocycles. The molecule has 0 bridgehead atoms. The molecule has 6 rings (SSSR count). The van der Waals surface area contributed by atoms with Crippen molar-refractivity contribution in [1.29, 1.82) is 0 Å². The normalized spacial score (nSPS) is 13.0. The van der Waals surface area contributed by atoms with Crippen LogP contribution in [0.2, 0.25) is 0 Å². The fourth-order valence-corrected chi connectivity index (χ4v) is 6.51. The summed E-state index contributed by atoms with van der Waals surface area (Å²) in [7, 11) is 12.9. The van der Waals surface area contributed by atoms with E-state index < -0.39 is 0 Å². The highest BCUT2D eigenvalue weighted by molar-refractivity contribution is 5.56. The van der Waals surface area contributed by atoms with Crippen LogP contribution in [0.3, 0.4) is 0 Å². The zero-order valence-corrected chi connectivity index (χ0v) is 39.5. The molecule has 0 aromatic heterocycles. The minimum Gasteiger partial charge on any atom is -0.493 e. The highest BCUT2D eigenvalue weighted by atomic mass is 16.7. The summed E-state index contributed by atoms with van der Waals surface area (Å²) < 4.78 is 69.5. The average molecular weight is 884 g/mol. The van der Waals surface area contributed by atoms with E-state index >= 15 is 0 Å². The van der Waals surface area contributed by atoms with Crippen molar-refractivity contribution in [3.05, 3.63) is 70.8 Å². The van der Waals surface area contributed by atoms with Crippen molar-refractivity contribution in [2.75, 3.05) is 110 Å². The monoisotopic (exact) mass is 883 g/mol. The van der Waals surface area contributed by atoms with Gasteiger partial charge in [-0.1, -0.05) is 6.92 Å². The molecule has 0 spiro atoms. The van der Waals surface area contributed by atoms with E-state index in [1.807, 2.05) is 83.1 Å². The first-order chi connectivity index (χ1) is 30.4. The van der Waals surface area contributed by atoms with Crippen molar-refractivity contribution < 1.29 is 66.7 Å². The topological polar surface area (TPSA) is 143 Å². The Morgan fingerprint density at radius 3 is 1.41 bits per heavy atom. The van der Waals surface area contributed by atoms with E-state index in [-0.39, 0.29) is 19.5 Å². The van der Waals surface area contributed by atoms with Crippen LogP contribution in [-0.2, 0) is 4.74 Å². The molecule has 1 atom stereocenters. The molecule has 15 nitrogen and oxygen atoms in total. The molecular weight excluding hydrogens is 815 g/mol. The zero-order chi connectivity index (χ0) is 46.3. The average Bonchev–Trinajstić information content (AvgIpc) is 3.78. The van der Waals surface area contributed by atoms with Crippen LogP contribution in [0.25, 0.3) is 0 Å². The third-order valence-electron chi connectivity index (χ3n) is 9.77. The molecule has 0 radical (unpaired) electrons. The van der Waals surface area contributed by atoms with Crippen molar-refractivity contribution in [3.63, 3.8) is 0 Å². The van der Waals surface area contributed by atoms with Crippen LogP contribution in [0.15, 0.2) is 48.5 Å². The van der Waals surface area contributed by atoms with Gasteiger partial charge in [0, 0.05) is 32.7 Å². The predicted molar refractivity (Wildman–Crippen MR) is 242 cm³/mol. The van der Waals surface area contributed by atoms with Gasteiger partial charge in [0.2, 0.25) is 29.8 Å². The molecule has 1 saturated heterocycles. The number of ether oxygens (including phenoxy) is 13. The molecule has 350 valence electrons. The van der Waals surface area contributed by atoms with Crippen molar-refractivity contribution >= 4 is 0 Å². The Balaban J connectivity index is 0.000000228. The van der Waals surface area contributed by atoms with E-state index in [0.717, 1.165) is 73.0 Å². The van der Waals surface area contributed by atoms with Gasteiger partial charge < -0.3 is 66.7 Å². The zero-order valence-electron chi connectivity index (χ0n) is 39.5. The van der Waals surface area contributed by atoms with E-state index in [1.54, 1.807) is 56.9 Å². The smallest absolute Gasteiger partial charge is 0.231 e. The summed E-state index contributed by atoms with van der Waals surface area (Å²) in [4.78, 5) is 2.33. The molecule has 0 aliphatic carbocycles. The fourth-order valence-electron chi connectivity index (χ4n) is 6.51. The van der Waals surface area contributed by atoms with E-state index in [1.165, 1.54) is 0 Å². The Bertz CT molecular complexity index is 1890. The van der Waals surface area contributed by atoms with Crippen LogP contribution in [-0.4, -0.2) is 126 Å². The van der Waals surface area contributed by atoms with E-state index in [2.05, 4.69) is 4.90 Å². The van der Waals surface area contributed by atoms with E-state index in [9.17, 15) is 0 Å². The van der Waals surface area contributed by atoms with Gasteiger partial charge in [0.05, 0.1) is 70.1 Å².